The standard InChI is InChI=1S/C35H52O/c1-4-7-8-9-10-11-12-13-14-15-16-17-21-30-24-26-31(27-25-30)28-29-35(36)34-23-18-22-32(19-5-2)33(34)20-6-3/h18,22-29H,4-17,19-21H2,1-3H3. The number of allylic oxidation sites excluding steroid dienone is 1. The van der Waals surface area contributed by atoms with Crippen molar-refractivity contribution in [3.8, 4) is 0 Å². The molecule has 0 amide bonds. The summed E-state index contributed by atoms with van der Waals surface area (Å²) in [5, 5.41) is 0. The molecule has 0 saturated heterocycles. The molecule has 0 aliphatic heterocycles. The topological polar surface area (TPSA) is 17.1 Å². The van der Waals surface area contributed by atoms with Gasteiger partial charge in [-0.05, 0) is 54.0 Å². The van der Waals surface area contributed by atoms with Crippen LogP contribution in [0.2, 0.25) is 0 Å². The molecule has 0 N–H and O–H groups in total. The molecule has 0 aliphatic rings. The van der Waals surface area contributed by atoms with Crippen LogP contribution in [0.4, 0.5) is 0 Å². The second kappa shape index (κ2) is 19.0. The molecule has 0 saturated carbocycles. The highest BCUT2D eigenvalue weighted by Gasteiger charge is 2.12. The Bertz CT molecular complexity index is 874. The Hall–Kier alpha value is -2.15. The van der Waals surface area contributed by atoms with Crippen molar-refractivity contribution < 1.29 is 4.79 Å². The third-order valence-corrected chi connectivity index (χ3v) is 7.28. The van der Waals surface area contributed by atoms with Crippen LogP contribution >= 0.6 is 0 Å². The highest BCUT2D eigenvalue weighted by Crippen LogP contribution is 2.20. The van der Waals surface area contributed by atoms with Gasteiger partial charge in [-0.15, -0.1) is 0 Å². The van der Waals surface area contributed by atoms with Gasteiger partial charge in [0.05, 0.1) is 0 Å². The molecule has 0 spiro atoms. The van der Waals surface area contributed by atoms with Gasteiger partial charge in [-0.25, -0.2) is 0 Å². The van der Waals surface area contributed by atoms with E-state index >= 15 is 0 Å². The Labute approximate surface area is 222 Å². The van der Waals surface area contributed by atoms with E-state index < -0.39 is 0 Å². The second-order valence-electron chi connectivity index (χ2n) is 10.5. The van der Waals surface area contributed by atoms with Crippen molar-refractivity contribution in [2.45, 2.75) is 130 Å². The van der Waals surface area contributed by atoms with Crippen LogP contribution in [0.1, 0.15) is 143 Å². The van der Waals surface area contributed by atoms with Gasteiger partial charge in [-0.2, -0.15) is 0 Å². The van der Waals surface area contributed by atoms with Crippen LogP contribution in [0.3, 0.4) is 0 Å². The number of hydrogen-bond donors (Lipinski definition) is 0. The maximum Gasteiger partial charge on any atom is 0.186 e. The molecule has 0 aromatic heterocycles. The zero-order chi connectivity index (χ0) is 25.8. The van der Waals surface area contributed by atoms with Gasteiger partial charge in [0, 0.05) is 5.56 Å². The lowest BCUT2D eigenvalue weighted by molar-refractivity contribution is 0.104. The third-order valence-electron chi connectivity index (χ3n) is 7.28. The van der Waals surface area contributed by atoms with E-state index in [1.165, 1.54) is 93.7 Å². The summed E-state index contributed by atoms with van der Waals surface area (Å²) < 4.78 is 0. The van der Waals surface area contributed by atoms with Gasteiger partial charge < -0.3 is 0 Å². The van der Waals surface area contributed by atoms with E-state index in [2.05, 4.69) is 51.1 Å². The minimum absolute atomic E-state index is 0.122. The molecule has 2 aromatic carbocycles. The Morgan fingerprint density at radius 1 is 0.611 bits per heavy atom. The third kappa shape index (κ3) is 11.7. The van der Waals surface area contributed by atoms with Crippen molar-refractivity contribution in [1.29, 1.82) is 0 Å². The summed E-state index contributed by atoms with van der Waals surface area (Å²) in [4.78, 5) is 13.0. The zero-order valence-corrected chi connectivity index (χ0v) is 23.6. The quantitative estimate of drug-likeness (QED) is 0.103. The van der Waals surface area contributed by atoms with E-state index in [1.807, 2.05) is 18.2 Å². The molecule has 198 valence electrons. The maximum absolute atomic E-state index is 13.0. The summed E-state index contributed by atoms with van der Waals surface area (Å²) >= 11 is 0. The minimum atomic E-state index is 0.122. The minimum Gasteiger partial charge on any atom is -0.289 e. The highest BCUT2D eigenvalue weighted by atomic mass is 16.1. The average Bonchev–Trinajstić information content (AvgIpc) is 2.90. The number of hydrogen-bond acceptors (Lipinski definition) is 1. The molecule has 0 atom stereocenters. The molecule has 2 rings (SSSR count). The Balaban J connectivity index is 1.70. The Kier molecular flexibility index (Phi) is 15.9. The highest BCUT2D eigenvalue weighted by molar-refractivity contribution is 6.08. The Morgan fingerprint density at radius 3 is 1.78 bits per heavy atom. The van der Waals surface area contributed by atoms with Crippen LogP contribution in [-0.2, 0) is 19.3 Å². The lowest BCUT2D eigenvalue weighted by Gasteiger charge is -2.12. The van der Waals surface area contributed by atoms with E-state index in [9.17, 15) is 4.79 Å². The van der Waals surface area contributed by atoms with Gasteiger partial charge >= 0.3 is 0 Å². The van der Waals surface area contributed by atoms with Crippen LogP contribution in [-0.4, -0.2) is 5.78 Å². The number of carbonyl (C=O) groups is 1. The Morgan fingerprint density at radius 2 is 1.19 bits per heavy atom. The number of aryl methyl sites for hydroxylation is 2. The lowest BCUT2D eigenvalue weighted by Crippen LogP contribution is -2.05. The maximum atomic E-state index is 13.0. The van der Waals surface area contributed by atoms with Crippen molar-refractivity contribution >= 4 is 11.9 Å². The molecule has 36 heavy (non-hydrogen) atoms. The molecule has 1 nitrogen and oxygen atoms in total. The van der Waals surface area contributed by atoms with Gasteiger partial charge in [-0.3, -0.25) is 4.79 Å². The van der Waals surface area contributed by atoms with E-state index in [-0.39, 0.29) is 5.78 Å². The van der Waals surface area contributed by atoms with E-state index in [1.54, 1.807) is 6.08 Å². The van der Waals surface area contributed by atoms with Crippen LogP contribution in [0.5, 0.6) is 0 Å². The van der Waals surface area contributed by atoms with Gasteiger partial charge in [0.25, 0.3) is 0 Å². The number of carbonyl (C=O) groups excluding carboxylic acids is 1. The fourth-order valence-electron chi connectivity index (χ4n) is 5.14. The molecule has 0 radical (unpaired) electrons. The number of unbranched alkanes of at least 4 members (excludes halogenated alkanes) is 11. The predicted molar refractivity (Wildman–Crippen MR) is 159 cm³/mol. The monoisotopic (exact) mass is 488 g/mol. The summed E-state index contributed by atoms with van der Waals surface area (Å²) in [6.45, 7) is 6.67. The zero-order valence-electron chi connectivity index (χ0n) is 23.6. The molecule has 2 aromatic rings. The summed E-state index contributed by atoms with van der Waals surface area (Å²) in [6, 6.07) is 15.0. The number of benzene rings is 2. The molecule has 0 unspecified atom stereocenters. The van der Waals surface area contributed by atoms with Crippen LogP contribution < -0.4 is 0 Å². The van der Waals surface area contributed by atoms with Crippen molar-refractivity contribution in [2.24, 2.45) is 0 Å². The first kappa shape index (κ1) is 30.1. The number of ketones is 1. The first-order chi connectivity index (χ1) is 17.7. The average molecular weight is 489 g/mol. The fraction of sp³-hybridized carbons (Fsp3) is 0.571. The van der Waals surface area contributed by atoms with Gasteiger partial charge in [0.2, 0.25) is 0 Å². The van der Waals surface area contributed by atoms with Crippen molar-refractivity contribution in [2.75, 3.05) is 0 Å². The largest absolute Gasteiger partial charge is 0.289 e. The molecule has 1 heteroatoms. The van der Waals surface area contributed by atoms with Crippen LogP contribution in [0.25, 0.3) is 6.08 Å². The van der Waals surface area contributed by atoms with Gasteiger partial charge in [-0.1, -0.05) is 153 Å². The molecular weight excluding hydrogens is 436 g/mol. The first-order valence-electron chi connectivity index (χ1n) is 15.1. The predicted octanol–water partition coefficient (Wildman–Crippen LogP) is 10.7. The second-order valence-corrected chi connectivity index (χ2v) is 10.5. The molecular formula is C35H52O. The normalized spacial score (nSPS) is 11.4. The van der Waals surface area contributed by atoms with Crippen LogP contribution in [0.15, 0.2) is 48.5 Å². The lowest BCUT2D eigenvalue weighted by atomic mass is 9.92. The number of rotatable bonds is 20. The summed E-state index contributed by atoms with van der Waals surface area (Å²) in [7, 11) is 0. The smallest absolute Gasteiger partial charge is 0.186 e. The summed E-state index contributed by atoms with van der Waals surface area (Å²) in [5.41, 5.74) is 5.96. The molecule has 0 aliphatic carbocycles. The molecule has 0 fully saturated rings. The summed E-state index contributed by atoms with van der Waals surface area (Å²) in [5.74, 6) is 0.122. The first-order valence-corrected chi connectivity index (χ1v) is 15.1. The van der Waals surface area contributed by atoms with Gasteiger partial charge in [0.1, 0.15) is 0 Å². The van der Waals surface area contributed by atoms with E-state index in [0.717, 1.165) is 43.2 Å². The summed E-state index contributed by atoms with van der Waals surface area (Å²) in [6.07, 6.45) is 25.8. The van der Waals surface area contributed by atoms with E-state index in [4.69, 9.17) is 0 Å². The van der Waals surface area contributed by atoms with E-state index in [0.29, 0.717) is 0 Å². The fourth-order valence-corrected chi connectivity index (χ4v) is 5.14. The van der Waals surface area contributed by atoms with Gasteiger partial charge in [0.15, 0.2) is 5.78 Å². The molecule has 0 heterocycles. The SMILES string of the molecule is CCCCCCCCCCCCCCc1ccc(C=CC(=O)c2cccc(CCC)c2CCC)cc1. The van der Waals surface area contributed by atoms with Crippen molar-refractivity contribution in [3.63, 3.8) is 0 Å². The van der Waals surface area contributed by atoms with Crippen molar-refractivity contribution in [3.05, 3.63) is 76.4 Å². The van der Waals surface area contributed by atoms with Crippen molar-refractivity contribution in [1.82, 2.24) is 0 Å². The van der Waals surface area contributed by atoms with Crippen LogP contribution in [0, 0.1) is 0 Å². The molecule has 0 bridgehead atoms.